The van der Waals surface area contributed by atoms with Gasteiger partial charge in [0.25, 0.3) is 0 Å². The summed E-state index contributed by atoms with van der Waals surface area (Å²) in [4.78, 5) is 26.7. The highest BCUT2D eigenvalue weighted by molar-refractivity contribution is 7.12. The van der Waals surface area contributed by atoms with Gasteiger partial charge in [-0.15, -0.1) is 11.3 Å². The normalized spacial score (nSPS) is 17.6. The van der Waals surface area contributed by atoms with Crippen molar-refractivity contribution in [2.45, 2.75) is 25.3 Å². The van der Waals surface area contributed by atoms with E-state index in [1.165, 1.54) is 18.4 Å². The molecule has 0 spiro atoms. The van der Waals surface area contributed by atoms with E-state index in [1.807, 2.05) is 17.5 Å². The Morgan fingerprint density at radius 1 is 1.44 bits per heavy atom. The predicted octanol–water partition coefficient (Wildman–Crippen LogP) is 1.96. The van der Waals surface area contributed by atoms with Gasteiger partial charge in [-0.3, -0.25) is 14.5 Å². The van der Waals surface area contributed by atoms with Crippen molar-refractivity contribution in [2.75, 3.05) is 20.2 Å². The molecular formula is C13H17NO3S. The number of hydrogen-bond acceptors (Lipinski definition) is 5. The lowest BCUT2D eigenvalue weighted by Gasteiger charge is -2.24. The van der Waals surface area contributed by atoms with Crippen molar-refractivity contribution in [3.05, 3.63) is 22.4 Å². The highest BCUT2D eigenvalue weighted by Gasteiger charge is 2.31. The van der Waals surface area contributed by atoms with Gasteiger partial charge in [-0.1, -0.05) is 6.07 Å². The van der Waals surface area contributed by atoms with E-state index in [2.05, 4.69) is 4.90 Å². The molecule has 18 heavy (non-hydrogen) atoms. The van der Waals surface area contributed by atoms with E-state index >= 15 is 0 Å². The Morgan fingerprint density at radius 3 is 2.72 bits per heavy atom. The van der Waals surface area contributed by atoms with Gasteiger partial charge < -0.3 is 4.74 Å². The van der Waals surface area contributed by atoms with E-state index in [4.69, 9.17) is 4.74 Å². The van der Waals surface area contributed by atoms with Crippen molar-refractivity contribution in [3.8, 4) is 0 Å². The summed E-state index contributed by atoms with van der Waals surface area (Å²) in [5, 5.41) is 1.88. The standard InChI is InChI=1S/C13H17NO3S/c1-17-12(15)9-10(14-6-2-3-7-14)13(16)11-5-4-8-18-11/h4-5,8,10H,2-3,6-7,9H2,1H3. The van der Waals surface area contributed by atoms with Crippen molar-refractivity contribution >= 4 is 23.1 Å². The molecular weight excluding hydrogens is 250 g/mol. The summed E-state index contributed by atoms with van der Waals surface area (Å²) >= 11 is 1.42. The molecule has 1 saturated heterocycles. The molecule has 98 valence electrons. The van der Waals surface area contributed by atoms with Crippen LogP contribution in [0, 0.1) is 0 Å². The lowest BCUT2D eigenvalue weighted by Crippen LogP contribution is -2.40. The number of carbonyl (C=O) groups is 2. The zero-order valence-electron chi connectivity index (χ0n) is 10.4. The minimum Gasteiger partial charge on any atom is -0.469 e. The van der Waals surface area contributed by atoms with Crippen LogP contribution < -0.4 is 0 Å². The van der Waals surface area contributed by atoms with Gasteiger partial charge in [0.2, 0.25) is 0 Å². The summed E-state index contributed by atoms with van der Waals surface area (Å²) in [6.45, 7) is 1.78. The first kappa shape index (κ1) is 13.2. The van der Waals surface area contributed by atoms with Gasteiger partial charge >= 0.3 is 5.97 Å². The molecule has 1 atom stereocenters. The molecule has 2 heterocycles. The maximum Gasteiger partial charge on any atom is 0.307 e. The number of rotatable bonds is 5. The Bertz CT molecular complexity index is 410. The average molecular weight is 267 g/mol. The number of ketones is 1. The molecule has 1 aromatic rings. The molecule has 1 aliphatic rings. The molecule has 4 nitrogen and oxygen atoms in total. The van der Waals surface area contributed by atoms with Gasteiger partial charge in [0.05, 0.1) is 24.4 Å². The van der Waals surface area contributed by atoms with E-state index in [-0.39, 0.29) is 24.2 Å². The SMILES string of the molecule is COC(=O)CC(C(=O)c1cccs1)N1CCCC1. The summed E-state index contributed by atoms with van der Waals surface area (Å²) in [7, 11) is 1.36. The Hall–Kier alpha value is -1.20. The molecule has 0 amide bonds. The third-order valence-electron chi connectivity index (χ3n) is 3.24. The number of nitrogens with zero attached hydrogens (tertiary/aromatic N) is 1. The second-order valence-electron chi connectivity index (χ2n) is 4.38. The van der Waals surface area contributed by atoms with Gasteiger partial charge in [0.15, 0.2) is 5.78 Å². The van der Waals surface area contributed by atoms with Gasteiger partial charge in [-0.05, 0) is 37.4 Å². The fourth-order valence-corrected chi connectivity index (χ4v) is 2.98. The molecule has 1 aromatic heterocycles. The number of Topliss-reactive ketones (excluding diaryl/α,β-unsaturated/α-hetero) is 1. The Labute approximate surface area is 111 Å². The van der Waals surface area contributed by atoms with Crippen LogP contribution >= 0.6 is 11.3 Å². The maximum atomic E-state index is 12.4. The summed E-state index contributed by atoms with van der Waals surface area (Å²) < 4.78 is 4.69. The zero-order chi connectivity index (χ0) is 13.0. The van der Waals surface area contributed by atoms with Crippen LogP contribution in [-0.2, 0) is 9.53 Å². The molecule has 0 saturated carbocycles. The third kappa shape index (κ3) is 2.97. The number of hydrogen-bond donors (Lipinski definition) is 0. The minimum atomic E-state index is -0.362. The topological polar surface area (TPSA) is 46.6 Å². The number of ether oxygens (including phenoxy) is 1. The van der Waals surface area contributed by atoms with Crippen LogP contribution in [0.2, 0.25) is 0 Å². The molecule has 5 heteroatoms. The molecule has 2 rings (SSSR count). The van der Waals surface area contributed by atoms with Gasteiger partial charge in [0, 0.05) is 0 Å². The van der Waals surface area contributed by atoms with Crippen molar-refractivity contribution in [3.63, 3.8) is 0 Å². The second-order valence-corrected chi connectivity index (χ2v) is 5.33. The molecule has 1 aliphatic heterocycles. The monoisotopic (exact) mass is 267 g/mol. The molecule has 1 fully saturated rings. The lowest BCUT2D eigenvalue weighted by molar-refractivity contribution is -0.141. The number of esters is 1. The molecule has 0 radical (unpaired) electrons. The van der Waals surface area contributed by atoms with Crippen LogP contribution in [0.15, 0.2) is 17.5 Å². The highest BCUT2D eigenvalue weighted by Crippen LogP contribution is 2.21. The van der Waals surface area contributed by atoms with E-state index in [1.54, 1.807) is 0 Å². The van der Waals surface area contributed by atoms with E-state index < -0.39 is 0 Å². The molecule has 0 N–H and O–H groups in total. The highest BCUT2D eigenvalue weighted by atomic mass is 32.1. The lowest BCUT2D eigenvalue weighted by atomic mass is 10.1. The van der Waals surface area contributed by atoms with Crippen molar-refractivity contribution in [1.82, 2.24) is 4.90 Å². The Kier molecular flexibility index (Phi) is 4.49. The van der Waals surface area contributed by atoms with Crippen LogP contribution in [-0.4, -0.2) is 42.9 Å². The second kappa shape index (κ2) is 6.11. The first-order valence-corrected chi connectivity index (χ1v) is 6.99. The summed E-state index contributed by atoms with van der Waals surface area (Å²) in [5.74, 6) is -0.283. The molecule has 0 aliphatic carbocycles. The van der Waals surface area contributed by atoms with Gasteiger partial charge in [-0.25, -0.2) is 0 Å². The smallest absolute Gasteiger partial charge is 0.307 e. The van der Waals surface area contributed by atoms with Gasteiger partial charge in [-0.2, -0.15) is 0 Å². The van der Waals surface area contributed by atoms with Gasteiger partial charge in [0.1, 0.15) is 0 Å². The molecule has 0 aromatic carbocycles. The van der Waals surface area contributed by atoms with E-state index in [0.29, 0.717) is 0 Å². The largest absolute Gasteiger partial charge is 0.469 e. The zero-order valence-corrected chi connectivity index (χ0v) is 11.2. The summed E-state index contributed by atoms with van der Waals surface area (Å²) in [6, 6.07) is 3.31. The maximum absolute atomic E-state index is 12.4. The number of carbonyl (C=O) groups excluding carboxylic acids is 2. The molecule has 1 unspecified atom stereocenters. The fourth-order valence-electron chi connectivity index (χ4n) is 2.27. The first-order chi connectivity index (χ1) is 8.72. The number of methoxy groups -OCH3 is 1. The van der Waals surface area contributed by atoms with Crippen molar-refractivity contribution in [2.24, 2.45) is 0 Å². The van der Waals surface area contributed by atoms with E-state index in [9.17, 15) is 9.59 Å². The first-order valence-electron chi connectivity index (χ1n) is 6.11. The average Bonchev–Trinajstić information content (AvgIpc) is 3.06. The third-order valence-corrected chi connectivity index (χ3v) is 4.12. The Balaban J connectivity index is 2.13. The van der Waals surface area contributed by atoms with Crippen LogP contribution in [0.25, 0.3) is 0 Å². The Morgan fingerprint density at radius 2 is 2.17 bits per heavy atom. The van der Waals surface area contributed by atoms with E-state index in [0.717, 1.165) is 30.8 Å². The predicted molar refractivity (Wildman–Crippen MR) is 69.9 cm³/mol. The summed E-state index contributed by atoms with van der Waals surface area (Å²) in [5.41, 5.74) is 0. The summed E-state index contributed by atoms with van der Waals surface area (Å²) in [6.07, 6.45) is 2.33. The van der Waals surface area contributed by atoms with Crippen molar-refractivity contribution < 1.29 is 14.3 Å². The number of thiophene rings is 1. The molecule has 0 bridgehead atoms. The van der Waals surface area contributed by atoms with Crippen LogP contribution in [0.3, 0.4) is 0 Å². The van der Waals surface area contributed by atoms with Crippen LogP contribution in [0.1, 0.15) is 28.9 Å². The van der Waals surface area contributed by atoms with Crippen molar-refractivity contribution in [1.29, 1.82) is 0 Å². The quantitative estimate of drug-likeness (QED) is 0.604. The van der Waals surface area contributed by atoms with Crippen LogP contribution in [0.4, 0.5) is 0 Å². The number of likely N-dealkylation sites (tertiary alicyclic amines) is 1. The minimum absolute atomic E-state index is 0.0392. The van der Waals surface area contributed by atoms with Crippen LogP contribution in [0.5, 0.6) is 0 Å². The fraction of sp³-hybridized carbons (Fsp3) is 0.538.